The molecule has 12 heavy (non-hydrogen) atoms. The molecule has 4 nitrogen and oxygen atoms in total. The smallest absolute Gasteiger partial charge is 0.264 e. The highest BCUT2D eigenvalue weighted by Gasteiger charge is 1.99. The molecule has 0 aliphatic heterocycles. The topological polar surface area (TPSA) is 52.6 Å². The van der Waals surface area contributed by atoms with Crippen LogP contribution in [0.2, 0.25) is 0 Å². The van der Waals surface area contributed by atoms with Gasteiger partial charge < -0.3 is 4.74 Å². The van der Waals surface area contributed by atoms with E-state index >= 15 is 0 Å². The summed E-state index contributed by atoms with van der Waals surface area (Å²) in [4.78, 5) is 0. The fraction of sp³-hybridized carbons (Fsp3) is 1.00. The van der Waals surface area contributed by atoms with Gasteiger partial charge in [0.15, 0.2) is 0 Å². The molecule has 0 saturated carbocycles. The Labute approximate surface area is 71.8 Å². The monoisotopic (exact) mass is 200 g/mol. The third-order valence-corrected chi connectivity index (χ3v) is 1.54. The van der Waals surface area contributed by atoms with Crippen molar-refractivity contribution in [3.63, 3.8) is 0 Å². The van der Waals surface area contributed by atoms with E-state index in [9.17, 15) is 12.8 Å². The molecule has 0 aromatic rings. The Balaban J connectivity index is 3.12. The lowest BCUT2D eigenvalue weighted by Gasteiger charge is -2.01. The number of ether oxygens (including phenoxy) is 1. The van der Waals surface area contributed by atoms with Crippen molar-refractivity contribution in [2.45, 2.75) is 6.42 Å². The van der Waals surface area contributed by atoms with Crippen LogP contribution >= 0.6 is 0 Å². The van der Waals surface area contributed by atoms with Gasteiger partial charge >= 0.3 is 0 Å². The Morgan fingerprint density at radius 2 is 1.92 bits per heavy atom. The van der Waals surface area contributed by atoms with E-state index in [1.54, 1.807) is 0 Å². The predicted octanol–water partition coefficient (Wildman–Crippen LogP) is 0.339. The van der Waals surface area contributed by atoms with Gasteiger partial charge in [-0.25, -0.2) is 0 Å². The van der Waals surface area contributed by atoms with E-state index in [1.807, 2.05) is 0 Å². The van der Waals surface area contributed by atoms with Crippen LogP contribution in [0.15, 0.2) is 0 Å². The quantitative estimate of drug-likeness (QED) is 0.439. The van der Waals surface area contributed by atoms with E-state index in [-0.39, 0.29) is 13.2 Å². The van der Waals surface area contributed by atoms with Gasteiger partial charge in [-0.3, -0.25) is 8.57 Å². The van der Waals surface area contributed by atoms with Crippen molar-refractivity contribution in [1.82, 2.24) is 0 Å². The molecule has 0 fully saturated rings. The molecule has 0 heterocycles. The predicted molar refractivity (Wildman–Crippen MR) is 42.2 cm³/mol. The van der Waals surface area contributed by atoms with Gasteiger partial charge in [0.1, 0.15) is 0 Å². The van der Waals surface area contributed by atoms with Crippen molar-refractivity contribution in [2.75, 3.05) is 32.8 Å². The van der Waals surface area contributed by atoms with E-state index in [0.717, 1.165) is 6.26 Å². The van der Waals surface area contributed by atoms with Crippen molar-refractivity contribution in [1.29, 1.82) is 0 Å². The standard InChI is InChI=1S/C6H13FO4S/c1-12(8,9)11-6-5-10-4-2-3-7/h2-6H2,1H3. The fourth-order valence-corrected chi connectivity index (χ4v) is 0.874. The van der Waals surface area contributed by atoms with Gasteiger partial charge in [0, 0.05) is 6.61 Å². The normalized spacial score (nSPS) is 11.8. The molecular formula is C6H13FO4S. The number of hydrogen-bond acceptors (Lipinski definition) is 4. The first-order valence-corrected chi connectivity index (χ1v) is 5.36. The first-order chi connectivity index (χ1) is 5.56. The molecule has 0 aliphatic rings. The maximum absolute atomic E-state index is 11.5. The van der Waals surface area contributed by atoms with Crippen LogP contribution < -0.4 is 0 Å². The first-order valence-electron chi connectivity index (χ1n) is 3.54. The van der Waals surface area contributed by atoms with Gasteiger partial charge in [-0.1, -0.05) is 0 Å². The summed E-state index contributed by atoms with van der Waals surface area (Å²) in [6.07, 6.45) is 1.30. The second-order valence-corrected chi connectivity index (χ2v) is 3.82. The molecule has 0 bridgehead atoms. The van der Waals surface area contributed by atoms with Crippen LogP contribution in [-0.4, -0.2) is 41.2 Å². The summed E-state index contributed by atoms with van der Waals surface area (Å²) in [7, 11) is -3.37. The SMILES string of the molecule is CS(=O)(=O)OCCOCCCF. The lowest BCUT2D eigenvalue weighted by Crippen LogP contribution is -2.10. The van der Waals surface area contributed by atoms with E-state index in [0.29, 0.717) is 13.0 Å². The largest absolute Gasteiger partial charge is 0.379 e. The zero-order valence-electron chi connectivity index (χ0n) is 6.95. The molecule has 0 amide bonds. The van der Waals surface area contributed by atoms with Crippen molar-refractivity contribution in [2.24, 2.45) is 0 Å². The third kappa shape index (κ3) is 9.80. The van der Waals surface area contributed by atoms with Crippen molar-refractivity contribution < 1.29 is 21.7 Å². The van der Waals surface area contributed by atoms with Gasteiger partial charge in [0.2, 0.25) is 0 Å². The molecule has 0 N–H and O–H groups in total. The highest BCUT2D eigenvalue weighted by atomic mass is 32.2. The van der Waals surface area contributed by atoms with E-state index in [4.69, 9.17) is 4.74 Å². The minimum atomic E-state index is -3.37. The van der Waals surface area contributed by atoms with Gasteiger partial charge in [0.25, 0.3) is 10.1 Å². The summed E-state index contributed by atoms with van der Waals surface area (Å²) >= 11 is 0. The van der Waals surface area contributed by atoms with Crippen molar-refractivity contribution in [3.05, 3.63) is 0 Å². The third-order valence-electron chi connectivity index (χ3n) is 0.947. The fourth-order valence-electron chi connectivity index (χ4n) is 0.503. The van der Waals surface area contributed by atoms with Crippen molar-refractivity contribution in [3.8, 4) is 0 Å². The minimum absolute atomic E-state index is 0.00881. The zero-order chi connectivity index (χ0) is 9.45. The Morgan fingerprint density at radius 3 is 2.42 bits per heavy atom. The molecule has 0 rings (SSSR count). The lowest BCUT2D eigenvalue weighted by atomic mass is 10.5. The summed E-state index contributed by atoms with van der Waals surface area (Å²) in [6, 6.07) is 0. The second-order valence-electron chi connectivity index (χ2n) is 2.18. The Morgan fingerprint density at radius 1 is 1.25 bits per heavy atom. The molecular weight excluding hydrogens is 187 g/mol. The Hall–Kier alpha value is -0.200. The van der Waals surface area contributed by atoms with Gasteiger partial charge in [-0.2, -0.15) is 8.42 Å². The number of rotatable bonds is 7. The van der Waals surface area contributed by atoms with E-state index < -0.39 is 16.8 Å². The summed E-state index contributed by atoms with van der Waals surface area (Å²) in [5.41, 5.74) is 0. The summed E-state index contributed by atoms with van der Waals surface area (Å²) in [5.74, 6) is 0. The number of alkyl halides is 1. The van der Waals surface area contributed by atoms with Crippen LogP contribution in [0.25, 0.3) is 0 Å². The molecule has 0 unspecified atom stereocenters. The molecule has 0 atom stereocenters. The summed E-state index contributed by atoms with van der Waals surface area (Å²) < 4.78 is 41.5. The van der Waals surface area contributed by atoms with Crippen LogP contribution in [0.5, 0.6) is 0 Å². The average Bonchev–Trinajstić information content (AvgIpc) is 1.94. The Kier molecular flexibility index (Phi) is 6.23. The average molecular weight is 200 g/mol. The maximum atomic E-state index is 11.5. The molecule has 0 aromatic carbocycles. The van der Waals surface area contributed by atoms with E-state index in [1.165, 1.54) is 0 Å². The van der Waals surface area contributed by atoms with Gasteiger partial charge in [0.05, 0.1) is 26.1 Å². The molecule has 0 radical (unpaired) electrons. The van der Waals surface area contributed by atoms with Crippen LogP contribution in [-0.2, 0) is 19.0 Å². The Bertz CT molecular complexity index is 190. The molecule has 0 aliphatic carbocycles. The number of halogens is 1. The second kappa shape index (κ2) is 6.33. The molecule has 74 valence electrons. The lowest BCUT2D eigenvalue weighted by molar-refractivity contribution is 0.0970. The van der Waals surface area contributed by atoms with Crippen molar-refractivity contribution >= 4 is 10.1 Å². The first kappa shape index (κ1) is 11.8. The molecule has 0 saturated heterocycles. The molecule has 6 heteroatoms. The molecule has 0 aromatic heterocycles. The van der Waals surface area contributed by atoms with Crippen LogP contribution in [0, 0.1) is 0 Å². The summed E-state index contributed by atoms with van der Waals surface area (Å²) in [5, 5.41) is 0. The van der Waals surface area contributed by atoms with Crippen LogP contribution in [0.3, 0.4) is 0 Å². The minimum Gasteiger partial charge on any atom is -0.379 e. The zero-order valence-corrected chi connectivity index (χ0v) is 7.77. The van der Waals surface area contributed by atoms with Gasteiger partial charge in [-0.05, 0) is 6.42 Å². The highest BCUT2D eigenvalue weighted by Crippen LogP contribution is 1.88. The highest BCUT2D eigenvalue weighted by molar-refractivity contribution is 7.85. The summed E-state index contributed by atoms with van der Waals surface area (Å²) in [6.45, 7) is 0.0365. The number of hydrogen-bond donors (Lipinski definition) is 0. The maximum Gasteiger partial charge on any atom is 0.264 e. The van der Waals surface area contributed by atoms with Crippen LogP contribution in [0.4, 0.5) is 4.39 Å². The van der Waals surface area contributed by atoms with Gasteiger partial charge in [-0.15, -0.1) is 0 Å². The molecule has 0 spiro atoms. The van der Waals surface area contributed by atoms with E-state index in [2.05, 4.69) is 4.18 Å². The van der Waals surface area contributed by atoms with Crippen LogP contribution in [0.1, 0.15) is 6.42 Å².